The molecule has 0 spiro atoms. The van der Waals surface area contributed by atoms with E-state index in [0.717, 1.165) is 21.2 Å². The zero-order valence-electron chi connectivity index (χ0n) is 15.1. The Morgan fingerprint density at radius 3 is 2.56 bits per heavy atom. The Hall–Kier alpha value is -2.73. The number of rotatable bonds is 5. The summed E-state index contributed by atoms with van der Waals surface area (Å²) < 4.78 is 2.23. The molecule has 0 aliphatic carbocycles. The molecule has 1 aromatic heterocycles. The fourth-order valence-corrected chi connectivity index (χ4v) is 3.47. The minimum atomic E-state index is -0.287. The second kappa shape index (κ2) is 8.31. The molecule has 0 aliphatic heterocycles. The van der Waals surface area contributed by atoms with Gasteiger partial charge in [0.2, 0.25) is 0 Å². The van der Waals surface area contributed by atoms with Gasteiger partial charge in [-0.1, -0.05) is 57.5 Å². The van der Waals surface area contributed by atoms with Gasteiger partial charge in [-0.3, -0.25) is 4.79 Å². The van der Waals surface area contributed by atoms with Gasteiger partial charge in [0.05, 0.1) is 11.3 Å². The summed E-state index contributed by atoms with van der Waals surface area (Å²) >= 11 is 3.47. The van der Waals surface area contributed by atoms with Gasteiger partial charge in [0.25, 0.3) is 5.56 Å². The first-order valence-corrected chi connectivity index (χ1v) is 9.35. The van der Waals surface area contributed by atoms with Crippen LogP contribution in [0.3, 0.4) is 0 Å². The lowest BCUT2D eigenvalue weighted by molar-refractivity contribution is 0.317. The Morgan fingerprint density at radius 2 is 1.89 bits per heavy atom. The number of benzene rings is 2. The van der Waals surface area contributed by atoms with Crippen molar-refractivity contribution in [2.45, 2.75) is 19.3 Å². The predicted molar refractivity (Wildman–Crippen MR) is 110 cm³/mol. The van der Waals surface area contributed by atoms with Crippen LogP contribution in [0.1, 0.15) is 34.6 Å². The highest BCUT2D eigenvalue weighted by molar-refractivity contribution is 9.10. The average Bonchev–Trinajstić information content (AvgIpc) is 2.67. The van der Waals surface area contributed by atoms with Crippen molar-refractivity contribution in [2.75, 3.05) is 0 Å². The number of aryl methyl sites for hydroxylation is 2. The summed E-state index contributed by atoms with van der Waals surface area (Å²) in [5.74, 6) is -0.0527. The maximum absolute atomic E-state index is 12.4. The normalized spacial score (nSPS) is 12.8. The molecule has 3 aromatic rings. The number of nitrogens with zero attached hydrogens (tertiary/aromatic N) is 3. The molecule has 0 fully saturated rings. The molecule has 0 unspecified atom stereocenters. The topological polar surface area (TPSA) is 67.5 Å². The first-order valence-electron chi connectivity index (χ1n) is 8.56. The first-order chi connectivity index (χ1) is 13.0. The maximum Gasteiger partial charge on any atom is 0.275 e. The van der Waals surface area contributed by atoms with E-state index < -0.39 is 0 Å². The summed E-state index contributed by atoms with van der Waals surface area (Å²) in [6.45, 7) is 2.06. The monoisotopic (exact) mass is 425 g/mol. The van der Waals surface area contributed by atoms with E-state index in [2.05, 4.69) is 45.2 Å². The zero-order valence-corrected chi connectivity index (χ0v) is 16.7. The molecule has 3 rings (SSSR count). The summed E-state index contributed by atoms with van der Waals surface area (Å²) in [7, 11) is 1.58. The van der Waals surface area contributed by atoms with E-state index in [1.165, 1.54) is 10.9 Å². The van der Waals surface area contributed by atoms with Gasteiger partial charge in [0, 0.05) is 30.1 Å². The standard InChI is InChI=1S/C21H20BrN3O2/c1-14-5-3-4-6-17(14)19(15-7-9-16(22)10-8-15)13-20(24-27)18-11-12-23-25(2)21(18)26/h3-12,19,27H,13H2,1-2H3/b24-20-/t19-/m0/s1. The molecule has 0 saturated heterocycles. The van der Waals surface area contributed by atoms with Crippen LogP contribution in [-0.4, -0.2) is 20.7 Å². The molecule has 6 heteroatoms. The van der Waals surface area contributed by atoms with Crippen LogP contribution < -0.4 is 5.56 Å². The smallest absolute Gasteiger partial charge is 0.275 e. The Kier molecular flexibility index (Phi) is 5.86. The lowest BCUT2D eigenvalue weighted by atomic mass is 9.83. The minimum absolute atomic E-state index is 0.0527. The highest BCUT2D eigenvalue weighted by atomic mass is 79.9. The van der Waals surface area contributed by atoms with Crippen molar-refractivity contribution < 1.29 is 5.21 Å². The van der Waals surface area contributed by atoms with E-state index in [1.54, 1.807) is 13.1 Å². The van der Waals surface area contributed by atoms with Gasteiger partial charge in [0.15, 0.2) is 0 Å². The Morgan fingerprint density at radius 1 is 1.19 bits per heavy atom. The molecule has 0 aliphatic rings. The molecule has 0 amide bonds. The van der Waals surface area contributed by atoms with E-state index in [9.17, 15) is 10.0 Å². The molecule has 0 radical (unpaired) electrons. The van der Waals surface area contributed by atoms with Crippen LogP contribution in [0.5, 0.6) is 0 Å². The van der Waals surface area contributed by atoms with E-state index in [1.807, 2.05) is 36.4 Å². The lowest BCUT2D eigenvalue weighted by Gasteiger charge is -2.21. The van der Waals surface area contributed by atoms with Crippen molar-refractivity contribution in [2.24, 2.45) is 12.2 Å². The van der Waals surface area contributed by atoms with Crippen molar-refractivity contribution in [1.82, 2.24) is 9.78 Å². The van der Waals surface area contributed by atoms with Gasteiger partial charge in [-0.15, -0.1) is 0 Å². The zero-order chi connectivity index (χ0) is 19.4. The second-order valence-electron chi connectivity index (χ2n) is 6.39. The molecular formula is C21H20BrN3O2. The van der Waals surface area contributed by atoms with Gasteiger partial charge >= 0.3 is 0 Å². The van der Waals surface area contributed by atoms with E-state index in [4.69, 9.17) is 0 Å². The van der Waals surface area contributed by atoms with Crippen LogP contribution in [0, 0.1) is 6.92 Å². The molecule has 1 atom stereocenters. The molecular weight excluding hydrogens is 406 g/mol. The van der Waals surface area contributed by atoms with Crippen molar-refractivity contribution in [1.29, 1.82) is 0 Å². The fourth-order valence-electron chi connectivity index (χ4n) is 3.20. The van der Waals surface area contributed by atoms with Crippen LogP contribution in [0.2, 0.25) is 0 Å². The van der Waals surface area contributed by atoms with Gasteiger partial charge in [-0.25, -0.2) is 4.68 Å². The number of hydrogen-bond acceptors (Lipinski definition) is 4. The summed E-state index contributed by atoms with van der Waals surface area (Å²) in [4.78, 5) is 12.4. The highest BCUT2D eigenvalue weighted by Gasteiger charge is 2.22. The summed E-state index contributed by atoms with van der Waals surface area (Å²) in [6.07, 6.45) is 1.92. The highest BCUT2D eigenvalue weighted by Crippen LogP contribution is 2.32. The third kappa shape index (κ3) is 4.17. The Labute approximate surface area is 166 Å². The number of halogens is 1. The fraction of sp³-hybridized carbons (Fsp3) is 0.190. The van der Waals surface area contributed by atoms with Gasteiger partial charge in [-0.05, 0) is 41.8 Å². The third-order valence-electron chi connectivity index (χ3n) is 4.67. The third-order valence-corrected chi connectivity index (χ3v) is 5.20. The van der Waals surface area contributed by atoms with Crippen LogP contribution in [0.25, 0.3) is 0 Å². The predicted octanol–water partition coefficient (Wildman–Crippen LogP) is 4.25. The van der Waals surface area contributed by atoms with Crippen molar-refractivity contribution in [3.63, 3.8) is 0 Å². The first kappa shape index (κ1) is 19.0. The van der Waals surface area contributed by atoms with Crippen LogP contribution >= 0.6 is 15.9 Å². The molecule has 1 N–H and O–H groups in total. The lowest BCUT2D eigenvalue weighted by Crippen LogP contribution is -2.27. The Balaban J connectivity index is 2.08. The number of aromatic nitrogens is 2. The maximum atomic E-state index is 12.4. The molecule has 138 valence electrons. The van der Waals surface area contributed by atoms with Gasteiger partial charge < -0.3 is 5.21 Å². The number of hydrogen-bond donors (Lipinski definition) is 1. The molecule has 27 heavy (non-hydrogen) atoms. The molecule has 5 nitrogen and oxygen atoms in total. The minimum Gasteiger partial charge on any atom is -0.411 e. The molecule has 0 saturated carbocycles. The summed E-state index contributed by atoms with van der Waals surface area (Å²) in [5.41, 5.74) is 3.77. The molecule has 2 aromatic carbocycles. The summed E-state index contributed by atoms with van der Waals surface area (Å²) in [6, 6.07) is 17.8. The second-order valence-corrected chi connectivity index (χ2v) is 7.30. The SMILES string of the molecule is Cc1ccccc1[C@@H](C/C(=N/O)c1ccnn(C)c1=O)c1ccc(Br)cc1. The molecule has 0 bridgehead atoms. The van der Waals surface area contributed by atoms with E-state index >= 15 is 0 Å². The summed E-state index contributed by atoms with van der Waals surface area (Å²) in [5, 5.41) is 17.1. The van der Waals surface area contributed by atoms with Crippen LogP contribution in [0.4, 0.5) is 0 Å². The van der Waals surface area contributed by atoms with Crippen molar-refractivity contribution in [3.8, 4) is 0 Å². The number of oxime groups is 1. The van der Waals surface area contributed by atoms with Gasteiger partial charge in [-0.2, -0.15) is 5.10 Å². The van der Waals surface area contributed by atoms with E-state index in [0.29, 0.717) is 17.7 Å². The molecule has 1 heterocycles. The van der Waals surface area contributed by atoms with Crippen molar-refractivity contribution >= 4 is 21.6 Å². The van der Waals surface area contributed by atoms with Crippen LogP contribution in [-0.2, 0) is 7.05 Å². The van der Waals surface area contributed by atoms with Crippen molar-refractivity contribution in [3.05, 3.63) is 97.9 Å². The largest absolute Gasteiger partial charge is 0.411 e. The average molecular weight is 426 g/mol. The van der Waals surface area contributed by atoms with E-state index in [-0.39, 0.29) is 11.5 Å². The Bertz CT molecular complexity index is 1030. The quantitative estimate of drug-likeness (QED) is 0.377. The van der Waals surface area contributed by atoms with Gasteiger partial charge in [0.1, 0.15) is 0 Å². The van der Waals surface area contributed by atoms with Crippen LogP contribution in [0.15, 0.2) is 75.2 Å².